The van der Waals surface area contributed by atoms with E-state index in [9.17, 15) is 9.59 Å². The van der Waals surface area contributed by atoms with Crippen LogP contribution < -0.4 is 5.32 Å². The summed E-state index contributed by atoms with van der Waals surface area (Å²) in [5.74, 6) is -0.0510. The molecule has 2 heterocycles. The number of piperidine rings is 1. The summed E-state index contributed by atoms with van der Waals surface area (Å²) < 4.78 is 0. The highest BCUT2D eigenvalue weighted by molar-refractivity contribution is 5.95. The molecule has 1 aromatic heterocycles. The van der Waals surface area contributed by atoms with E-state index in [0.717, 1.165) is 29.5 Å². The molecule has 5 heteroatoms. The second kappa shape index (κ2) is 9.99. The molecule has 1 unspecified atom stereocenters. The quantitative estimate of drug-likeness (QED) is 0.601. The summed E-state index contributed by atoms with van der Waals surface area (Å²) in [5, 5.41) is 3.14. The highest BCUT2D eigenvalue weighted by Crippen LogP contribution is 2.37. The van der Waals surface area contributed by atoms with Crippen LogP contribution in [0.15, 0.2) is 79.1 Å². The van der Waals surface area contributed by atoms with Gasteiger partial charge in [-0.15, -0.1) is 0 Å². The van der Waals surface area contributed by atoms with Gasteiger partial charge in [-0.3, -0.25) is 14.6 Å². The Morgan fingerprint density at radius 2 is 1.79 bits per heavy atom. The van der Waals surface area contributed by atoms with Gasteiger partial charge in [-0.25, -0.2) is 0 Å². The lowest BCUT2D eigenvalue weighted by molar-refractivity contribution is -0.134. The van der Waals surface area contributed by atoms with Crippen molar-refractivity contribution in [2.45, 2.75) is 39.2 Å². The summed E-state index contributed by atoms with van der Waals surface area (Å²) in [6.45, 7) is 4.99. The third-order valence-electron chi connectivity index (χ3n) is 6.31. The number of nitrogens with zero attached hydrogens (tertiary/aromatic N) is 2. The molecule has 1 saturated heterocycles. The molecule has 2 aromatic carbocycles. The van der Waals surface area contributed by atoms with E-state index in [1.807, 2.05) is 49.1 Å². The Kier molecular flexibility index (Phi) is 6.87. The molecule has 2 amide bonds. The lowest BCUT2D eigenvalue weighted by Gasteiger charge is -2.42. The number of hydrogen-bond acceptors (Lipinski definition) is 3. The summed E-state index contributed by atoms with van der Waals surface area (Å²) >= 11 is 0. The molecular weight excluding hydrogens is 410 g/mol. The van der Waals surface area contributed by atoms with Gasteiger partial charge in [0, 0.05) is 31.5 Å². The number of carbonyl (C=O) groups is 2. The van der Waals surface area contributed by atoms with Gasteiger partial charge in [-0.05, 0) is 61.9 Å². The third kappa shape index (κ3) is 5.14. The normalized spacial score (nSPS) is 18.2. The molecule has 0 aliphatic carbocycles. The first kappa shape index (κ1) is 22.7. The van der Waals surface area contributed by atoms with Gasteiger partial charge in [-0.1, -0.05) is 54.6 Å². The average molecular weight is 442 g/mol. The second-order valence-electron chi connectivity index (χ2n) is 9.18. The molecule has 33 heavy (non-hydrogen) atoms. The van der Waals surface area contributed by atoms with Crippen LogP contribution in [0.1, 0.15) is 42.6 Å². The average Bonchev–Trinajstić information content (AvgIpc) is 2.85. The Bertz CT molecular complexity index is 1100. The first-order valence-corrected chi connectivity index (χ1v) is 11.6. The zero-order valence-electron chi connectivity index (χ0n) is 19.3. The molecule has 3 aromatic rings. The third-order valence-corrected chi connectivity index (χ3v) is 6.31. The second-order valence-corrected chi connectivity index (χ2v) is 9.18. The zero-order valence-corrected chi connectivity index (χ0v) is 19.3. The van der Waals surface area contributed by atoms with Crippen molar-refractivity contribution in [3.63, 3.8) is 0 Å². The van der Waals surface area contributed by atoms with E-state index in [1.54, 1.807) is 24.5 Å². The summed E-state index contributed by atoms with van der Waals surface area (Å²) in [6, 6.07) is 22.1. The van der Waals surface area contributed by atoms with E-state index in [1.165, 1.54) is 0 Å². The Hall–Kier alpha value is -3.47. The van der Waals surface area contributed by atoms with Crippen molar-refractivity contribution in [2.75, 3.05) is 13.1 Å². The smallest absolute Gasteiger partial charge is 0.255 e. The van der Waals surface area contributed by atoms with Crippen molar-refractivity contribution in [3.05, 3.63) is 90.3 Å². The van der Waals surface area contributed by atoms with Gasteiger partial charge < -0.3 is 10.2 Å². The van der Waals surface area contributed by atoms with Crippen LogP contribution in [0.25, 0.3) is 11.1 Å². The Morgan fingerprint density at radius 3 is 2.52 bits per heavy atom. The number of hydrogen-bond donors (Lipinski definition) is 1. The summed E-state index contributed by atoms with van der Waals surface area (Å²) in [5.41, 5.74) is 3.25. The van der Waals surface area contributed by atoms with Gasteiger partial charge in [-0.2, -0.15) is 0 Å². The SMILES string of the molecule is CC(C)NC(=O)C1(Cc2ccccc2-c2ccccc2)CCCN(C(=O)c2cccnc2)C1. The van der Waals surface area contributed by atoms with Crippen LogP contribution >= 0.6 is 0 Å². The van der Waals surface area contributed by atoms with Gasteiger partial charge in [0.2, 0.25) is 5.91 Å². The molecule has 0 saturated carbocycles. The van der Waals surface area contributed by atoms with Gasteiger partial charge in [0.05, 0.1) is 11.0 Å². The van der Waals surface area contributed by atoms with Crippen molar-refractivity contribution < 1.29 is 9.59 Å². The van der Waals surface area contributed by atoms with Crippen LogP contribution in [0.2, 0.25) is 0 Å². The Morgan fingerprint density at radius 1 is 1.03 bits per heavy atom. The number of pyridine rings is 1. The largest absolute Gasteiger partial charge is 0.353 e. The number of aromatic nitrogens is 1. The Labute approximate surface area is 195 Å². The fourth-order valence-electron chi connectivity index (χ4n) is 4.74. The van der Waals surface area contributed by atoms with Crippen molar-refractivity contribution >= 4 is 11.8 Å². The highest BCUT2D eigenvalue weighted by atomic mass is 16.2. The van der Waals surface area contributed by atoms with E-state index >= 15 is 0 Å². The molecule has 1 aliphatic rings. The maximum Gasteiger partial charge on any atom is 0.255 e. The van der Waals surface area contributed by atoms with Crippen LogP contribution in [0, 0.1) is 5.41 Å². The highest BCUT2D eigenvalue weighted by Gasteiger charge is 2.44. The Balaban J connectivity index is 1.69. The van der Waals surface area contributed by atoms with Crippen molar-refractivity contribution in [1.29, 1.82) is 0 Å². The number of carbonyl (C=O) groups excluding carboxylic acids is 2. The zero-order chi connectivity index (χ0) is 23.3. The van der Waals surface area contributed by atoms with Crippen LogP contribution in [0.3, 0.4) is 0 Å². The molecule has 0 radical (unpaired) electrons. The van der Waals surface area contributed by atoms with E-state index in [2.05, 4.69) is 34.6 Å². The first-order valence-electron chi connectivity index (χ1n) is 11.6. The number of amides is 2. The van der Waals surface area contributed by atoms with Gasteiger partial charge >= 0.3 is 0 Å². The maximum atomic E-state index is 13.6. The van der Waals surface area contributed by atoms with E-state index in [-0.39, 0.29) is 17.9 Å². The fraction of sp³-hybridized carbons (Fsp3) is 0.321. The number of nitrogens with one attached hydrogen (secondary N) is 1. The first-order chi connectivity index (χ1) is 16.0. The lowest BCUT2D eigenvalue weighted by Crippen LogP contribution is -2.55. The van der Waals surface area contributed by atoms with Crippen LogP contribution in [-0.2, 0) is 11.2 Å². The van der Waals surface area contributed by atoms with E-state index < -0.39 is 5.41 Å². The molecule has 0 spiro atoms. The predicted octanol–water partition coefficient (Wildman–Crippen LogP) is 4.74. The summed E-state index contributed by atoms with van der Waals surface area (Å²) in [6.07, 6.45) is 5.36. The minimum absolute atomic E-state index is 0.0176. The van der Waals surface area contributed by atoms with Crippen LogP contribution in [0.5, 0.6) is 0 Å². The van der Waals surface area contributed by atoms with Crippen LogP contribution in [-0.4, -0.2) is 40.8 Å². The van der Waals surface area contributed by atoms with E-state index in [4.69, 9.17) is 0 Å². The summed E-state index contributed by atoms with van der Waals surface area (Å²) in [4.78, 5) is 32.8. The molecule has 1 N–H and O–H groups in total. The van der Waals surface area contributed by atoms with Gasteiger partial charge in [0.25, 0.3) is 5.91 Å². The van der Waals surface area contributed by atoms with Gasteiger partial charge in [0.15, 0.2) is 0 Å². The minimum atomic E-state index is -0.689. The molecule has 170 valence electrons. The standard InChI is InChI=1S/C28H31N3O2/c1-21(2)30-27(33)28(15-9-17-31(20-28)26(32)24-13-8-16-29-19-24)18-23-12-6-7-14-25(23)22-10-4-3-5-11-22/h3-8,10-14,16,19,21H,9,15,17-18,20H2,1-2H3,(H,30,33). The molecule has 0 bridgehead atoms. The fourth-order valence-corrected chi connectivity index (χ4v) is 4.74. The molecule has 1 atom stereocenters. The monoisotopic (exact) mass is 441 g/mol. The molecule has 4 rings (SSSR count). The van der Waals surface area contributed by atoms with E-state index in [0.29, 0.717) is 25.1 Å². The van der Waals surface area contributed by atoms with Crippen molar-refractivity contribution in [1.82, 2.24) is 15.2 Å². The number of benzene rings is 2. The van der Waals surface area contributed by atoms with Crippen molar-refractivity contribution in [3.8, 4) is 11.1 Å². The topological polar surface area (TPSA) is 62.3 Å². The maximum absolute atomic E-state index is 13.6. The van der Waals surface area contributed by atoms with Crippen molar-refractivity contribution in [2.24, 2.45) is 5.41 Å². The minimum Gasteiger partial charge on any atom is -0.353 e. The van der Waals surface area contributed by atoms with Gasteiger partial charge in [0.1, 0.15) is 0 Å². The molecule has 1 fully saturated rings. The predicted molar refractivity (Wildman–Crippen MR) is 131 cm³/mol. The molecular formula is C28H31N3O2. The number of likely N-dealkylation sites (tertiary alicyclic amines) is 1. The summed E-state index contributed by atoms with van der Waals surface area (Å²) in [7, 11) is 0. The molecule has 5 nitrogen and oxygen atoms in total. The van der Waals surface area contributed by atoms with Crippen LogP contribution in [0.4, 0.5) is 0 Å². The molecule has 1 aliphatic heterocycles. The number of rotatable bonds is 6. The lowest BCUT2D eigenvalue weighted by atomic mass is 9.73.